The molecular formula is C24H23NO4. The second-order valence-corrected chi connectivity index (χ2v) is 6.45. The van der Waals surface area contributed by atoms with Crippen molar-refractivity contribution in [2.75, 3.05) is 13.7 Å². The highest BCUT2D eigenvalue weighted by molar-refractivity contribution is 6.05. The Kier molecular flexibility index (Phi) is 6.63. The first-order valence-corrected chi connectivity index (χ1v) is 9.36. The molecule has 5 heteroatoms. The Morgan fingerprint density at radius 2 is 1.45 bits per heavy atom. The number of hydrogen-bond donors (Lipinski definition) is 0. The summed E-state index contributed by atoms with van der Waals surface area (Å²) in [5.41, 5.74) is 1.27. The van der Waals surface area contributed by atoms with Crippen LogP contribution in [-0.4, -0.2) is 30.4 Å². The Hall–Kier alpha value is -3.60. The number of amides is 2. The molecule has 0 unspecified atom stereocenters. The van der Waals surface area contributed by atoms with Crippen LogP contribution in [0.1, 0.15) is 22.8 Å². The van der Waals surface area contributed by atoms with Gasteiger partial charge in [0.1, 0.15) is 17.2 Å². The molecule has 0 aliphatic heterocycles. The van der Waals surface area contributed by atoms with Gasteiger partial charge in [0, 0.05) is 13.5 Å². The molecule has 0 spiro atoms. The summed E-state index contributed by atoms with van der Waals surface area (Å²) in [5.74, 6) is 1.05. The third-order valence-electron chi connectivity index (χ3n) is 4.51. The molecule has 0 aliphatic rings. The van der Waals surface area contributed by atoms with Gasteiger partial charge in [0.05, 0.1) is 12.7 Å². The maximum Gasteiger partial charge on any atom is 0.264 e. The summed E-state index contributed by atoms with van der Waals surface area (Å²) in [6.45, 7) is 1.63. The largest absolute Gasteiger partial charge is 0.496 e. The zero-order valence-corrected chi connectivity index (χ0v) is 16.5. The SMILES string of the molecule is COc1ccccc1CCN(C(C)=O)C(=O)c1ccccc1Oc1ccccc1. The zero-order valence-electron chi connectivity index (χ0n) is 16.5. The van der Waals surface area contributed by atoms with E-state index in [1.54, 1.807) is 31.4 Å². The molecule has 0 atom stereocenters. The third kappa shape index (κ3) is 5.02. The van der Waals surface area contributed by atoms with Crippen LogP contribution >= 0.6 is 0 Å². The van der Waals surface area contributed by atoms with Crippen molar-refractivity contribution >= 4 is 11.8 Å². The maximum atomic E-state index is 13.2. The Bertz CT molecular complexity index is 985. The summed E-state index contributed by atoms with van der Waals surface area (Å²) in [7, 11) is 1.60. The van der Waals surface area contributed by atoms with Crippen molar-refractivity contribution in [3.8, 4) is 17.2 Å². The monoisotopic (exact) mass is 389 g/mol. The molecule has 5 nitrogen and oxygen atoms in total. The van der Waals surface area contributed by atoms with Crippen LogP contribution in [-0.2, 0) is 11.2 Å². The number of rotatable bonds is 7. The molecule has 0 radical (unpaired) electrons. The summed E-state index contributed by atoms with van der Waals surface area (Å²) >= 11 is 0. The first-order chi connectivity index (χ1) is 14.1. The summed E-state index contributed by atoms with van der Waals surface area (Å²) in [4.78, 5) is 26.6. The summed E-state index contributed by atoms with van der Waals surface area (Å²) < 4.78 is 11.2. The second kappa shape index (κ2) is 9.55. The smallest absolute Gasteiger partial charge is 0.264 e. The lowest BCUT2D eigenvalue weighted by Gasteiger charge is -2.21. The Labute approximate surface area is 170 Å². The van der Waals surface area contributed by atoms with Gasteiger partial charge in [-0.3, -0.25) is 14.5 Å². The van der Waals surface area contributed by atoms with Crippen molar-refractivity contribution in [2.24, 2.45) is 0 Å². The van der Waals surface area contributed by atoms with Crippen molar-refractivity contribution < 1.29 is 19.1 Å². The number of nitrogens with zero attached hydrogens (tertiary/aromatic N) is 1. The van der Waals surface area contributed by atoms with Crippen LogP contribution in [0, 0.1) is 0 Å². The van der Waals surface area contributed by atoms with Crippen LogP contribution < -0.4 is 9.47 Å². The number of para-hydroxylation sites is 3. The van der Waals surface area contributed by atoms with Gasteiger partial charge >= 0.3 is 0 Å². The molecular weight excluding hydrogens is 366 g/mol. The van der Waals surface area contributed by atoms with E-state index in [9.17, 15) is 9.59 Å². The van der Waals surface area contributed by atoms with Gasteiger partial charge in [-0.1, -0.05) is 48.5 Å². The normalized spacial score (nSPS) is 10.3. The van der Waals surface area contributed by atoms with Crippen molar-refractivity contribution in [1.29, 1.82) is 0 Å². The minimum atomic E-state index is -0.390. The van der Waals surface area contributed by atoms with Gasteiger partial charge in [-0.2, -0.15) is 0 Å². The van der Waals surface area contributed by atoms with Gasteiger partial charge in [-0.15, -0.1) is 0 Å². The molecule has 148 valence electrons. The highest BCUT2D eigenvalue weighted by Crippen LogP contribution is 2.26. The van der Waals surface area contributed by atoms with Gasteiger partial charge in [0.2, 0.25) is 5.91 Å². The molecule has 0 fully saturated rings. The lowest BCUT2D eigenvalue weighted by molar-refractivity contribution is -0.126. The van der Waals surface area contributed by atoms with E-state index in [-0.39, 0.29) is 18.4 Å². The molecule has 3 aromatic carbocycles. The molecule has 2 amide bonds. The first kappa shape index (κ1) is 20.1. The van der Waals surface area contributed by atoms with Crippen molar-refractivity contribution in [3.05, 3.63) is 90.0 Å². The number of carbonyl (C=O) groups excluding carboxylic acids is 2. The topological polar surface area (TPSA) is 55.8 Å². The van der Waals surface area contributed by atoms with Gasteiger partial charge in [-0.25, -0.2) is 0 Å². The number of hydrogen-bond acceptors (Lipinski definition) is 4. The van der Waals surface area contributed by atoms with Crippen molar-refractivity contribution in [3.63, 3.8) is 0 Å². The molecule has 0 saturated carbocycles. The van der Waals surface area contributed by atoms with Crippen LogP contribution in [0.25, 0.3) is 0 Å². The average molecular weight is 389 g/mol. The van der Waals surface area contributed by atoms with E-state index in [4.69, 9.17) is 9.47 Å². The van der Waals surface area contributed by atoms with E-state index in [2.05, 4.69) is 0 Å². The molecule has 0 saturated heterocycles. The van der Waals surface area contributed by atoms with Gasteiger partial charge < -0.3 is 9.47 Å². The lowest BCUT2D eigenvalue weighted by atomic mass is 10.1. The van der Waals surface area contributed by atoms with Gasteiger partial charge in [0.15, 0.2) is 0 Å². The molecule has 3 rings (SSSR count). The fraction of sp³-hybridized carbons (Fsp3) is 0.167. The second-order valence-electron chi connectivity index (χ2n) is 6.45. The standard InChI is InChI=1S/C24H23NO4/c1-18(26)25(17-16-19-10-6-8-14-22(19)28-2)24(27)21-13-7-9-15-23(21)29-20-11-4-3-5-12-20/h3-15H,16-17H2,1-2H3. The Balaban J connectivity index is 1.82. The minimum Gasteiger partial charge on any atom is -0.496 e. The van der Waals surface area contributed by atoms with E-state index in [0.717, 1.165) is 11.3 Å². The Morgan fingerprint density at radius 1 is 0.828 bits per heavy atom. The van der Waals surface area contributed by atoms with Gasteiger partial charge in [-0.05, 0) is 42.3 Å². The quantitative estimate of drug-likeness (QED) is 0.587. The Morgan fingerprint density at radius 3 is 2.14 bits per heavy atom. The summed E-state index contributed by atoms with van der Waals surface area (Å²) in [5, 5.41) is 0. The number of imide groups is 1. The number of ether oxygens (including phenoxy) is 2. The highest BCUT2D eigenvalue weighted by atomic mass is 16.5. The number of methoxy groups -OCH3 is 1. The maximum absolute atomic E-state index is 13.2. The summed E-state index contributed by atoms with van der Waals surface area (Å²) in [6, 6.07) is 23.7. The minimum absolute atomic E-state index is 0.244. The molecule has 0 heterocycles. The third-order valence-corrected chi connectivity index (χ3v) is 4.51. The number of benzene rings is 3. The van der Waals surface area contributed by atoms with E-state index in [1.807, 2.05) is 54.6 Å². The first-order valence-electron chi connectivity index (χ1n) is 9.36. The van der Waals surface area contributed by atoms with E-state index in [1.165, 1.54) is 11.8 Å². The molecule has 3 aromatic rings. The van der Waals surface area contributed by atoms with Crippen LogP contribution in [0.5, 0.6) is 17.2 Å². The fourth-order valence-electron chi connectivity index (χ4n) is 3.04. The van der Waals surface area contributed by atoms with Gasteiger partial charge in [0.25, 0.3) is 5.91 Å². The average Bonchev–Trinajstić information content (AvgIpc) is 2.75. The van der Waals surface area contributed by atoms with Crippen LogP contribution in [0.4, 0.5) is 0 Å². The van der Waals surface area contributed by atoms with Crippen LogP contribution in [0.15, 0.2) is 78.9 Å². The van der Waals surface area contributed by atoms with E-state index < -0.39 is 0 Å². The van der Waals surface area contributed by atoms with Crippen LogP contribution in [0.3, 0.4) is 0 Å². The lowest BCUT2D eigenvalue weighted by Crippen LogP contribution is -2.37. The predicted molar refractivity (Wildman–Crippen MR) is 111 cm³/mol. The molecule has 0 N–H and O–H groups in total. The van der Waals surface area contributed by atoms with Crippen molar-refractivity contribution in [2.45, 2.75) is 13.3 Å². The van der Waals surface area contributed by atoms with Crippen LogP contribution in [0.2, 0.25) is 0 Å². The highest BCUT2D eigenvalue weighted by Gasteiger charge is 2.23. The molecule has 29 heavy (non-hydrogen) atoms. The number of carbonyl (C=O) groups is 2. The van der Waals surface area contributed by atoms with E-state index >= 15 is 0 Å². The van der Waals surface area contributed by atoms with E-state index in [0.29, 0.717) is 23.5 Å². The zero-order chi connectivity index (χ0) is 20.6. The summed E-state index contributed by atoms with van der Waals surface area (Å²) in [6.07, 6.45) is 0.497. The van der Waals surface area contributed by atoms with Crippen molar-refractivity contribution in [1.82, 2.24) is 4.90 Å². The molecule has 0 aromatic heterocycles. The molecule has 0 bridgehead atoms. The fourth-order valence-corrected chi connectivity index (χ4v) is 3.04. The predicted octanol–water partition coefficient (Wildman–Crippen LogP) is 4.72. The molecule has 0 aliphatic carbocycles.